The molecule has 3 aliphatic rings. The summed E-state index contributed by atoms with van der Waals surface area (Å²) in [4.78, 5) is 18.3. The number of amides is 2. The smallest absolute Gasteiger partial charge is 0.329 e. The zero-order chi connectivity index (χ0) is 14.2. The van der Waals surface area contributed by atoms with Crippen molar-refractivity contribution in [1.82, 2.24) is 20.4 Å². The molecule has 1 aromatic rings. The fraction of sp³-hybridized carbons (Fsp3) is 0.769. The molecule has 4 rings (SSSR count). The Morgan fingerprint density at radius 3 is 2.80 bits per heavy atom. The number of hydrogen-bond acceptors (Lipinski definition) is 5. The first-order valence-corrected chi connectivity index (χ1v) is 7.13. The lowest BCUT2D eigenvalue weighted by atomic mass is 9.68. The Labute approximate surface area is 118 Å². The third kappa shape index (κ3) is 2.63. The number of urea groups is 1. The molecule has 2 bridgehead atoms. The van der Waals surface area contributed by atoms with E-state index < -0.39 is 0 Å². The number of carbonyl (C=O) groups is 1. The Balaban J connectivity index is 1.52. The number of piperidine rings is 3. The quantitative estimate of drug-likeness (QED) is 0.869. The van der Waals surface area contributed by atoms with Crippen LogP contribution in [-0.4, -0.2) is 47.3 Å². The van der Waals surface area contributed by atoms with Gasteiger partial charge in [-0.25, -0.2) is 4.79 Å². The summed E-state index contributed by atoms with van der Waals surface area (Å²) in [6, 6.07) is -0.148. The molecule has 2 amide bonds. The maximum absolute atomic E-state index is 11.8. The van der Waals surface area contributed by atoms with E-state index in [1.165, 1.54) is 25.9 Å². The van der Waals surface area contributed by atoms with Gasteiger partial charge in [-0.3, -0.25) is 5.32 Å². The summed E-state index contributed by atoms with van der Waals surface area (Å²) < 4.78 is 4.86. The first-order chi connectivity index (χ1) is 9.55. The molecule has 2 N–H and O–H groups in total. The maximum Gasteiger partial charge on any atom is 0.329 e. The molecule has 110 valence electrons. The Morgan fingerprint density at radius 2 is 2.25 bits per heavy atom. The summed E-state index contributed by atoms with van der Waals surface area (Å²) in [6.45, 7) is 8.12. The zero-order valence-corrected chi connectivity index (χ0v) is 12.0. The van der Waals surface area contributed by atoms with E-state index in [9.17, 15) is 4.79 Å². The number of hydrogen-bond donors (Lipinski definition) is 2. The van der Waals surface area contributed by atoms with Crippen LogP contribution in [0.2, 0.25) is 0 Å². The molecule has 0 radical (unpaired) electrons. The Bertz CT molecular complexity index is 495. The highest BCUT2D eigenvalue weighted by Crippen LogP contribution is 2.41. The van der Waals surface area contributed by atoms with Crippen molar-refractivity contribution in [1.29, 1.82) is 0 Å². The number of rotatable bonds is 3. The van der Waals surface area contributed by atoms with Crippen LogP contribution in [-0.2, 0) is 0 Å². The van der Waals surface area contributed by atoms with Gasteiger partial charge in [-0.15, -0.1) is 0 Å². The van der Waals surface area contributed by atoms with Crippen LogP contribution in [0.15, 0.2) is 4.52 Å². The van der Waals surface area contributed by atoms with Crippen LogP contribution in [0.3, 0.4) is 0 Å². The highest BCUT2D eigenvalue weighted by atomic mass is 16.5. The normalized spacial score (nSPS) is 32.1. The molecule has 0 spiro atoms. The molecular formula is C13H21N5O2. The van der Waals surface area contributed by atoms with Crippen LogP contribution in [0.25, 0.3) is 0 Å². The van der Waals surface area contributed by atoms with Gasteiger partial charge in [-0.2, -0.15) is 4.98 Å². The minimum Gasteiger partial charge on any atom is -0.337 e. The van der Waals surface area contributed by atoms with E-state index in [0.717, 1.165) is 6.54 Å². The van der Waals surface area contributed by atoms with E-state index in [1.807, 2.05) is 0 Å². The first-order valence-electron chi connectivity index (χ1n) is 7.13. The van der Waals surface area contributed by atoms with Gasteiger partial charge in [-0.05, 0) is 38.8 Å². The van der Waals surface area contributed by atoms with Gasteiger partial charge in [0.15, 0.2) is 5.82 Å². The van der Waals surface area contributed by atoms with Crippen molar-refractivity contribution >= 4 is 12.0 Å². The lowest BCUT2D eigenvalue weighted by Gasteiger charge is -2.51. The number of anilines is 1. The molecule has 4 heterocycles. The maximum atomic E-state index is 11.8. The SMILES string of the molecule is Cc1noc(NC(=O)NC[C@]2(C)CN3CCC2CC3)n1. The van der Waals surface area contributed by atoms with Gasteiger partial charge in [-0.1, -0.05) is 12.1 Å². The molecule has 20 heavy (non-hydrogen) atoms. The molecule has 3 saturated heterocycles. The molecule has 3 fully saturated rings. The first kappa shape index (κ1) is 13.4. The average molecular weight is 279 g/mol. The number of nitrogens with zero attached hydrogens (tertiary/aromatic N) is 3. The van der Waals surface area contributed by atoms with E-state index in [0.29, 0.717) is 18.3 Å². The van der Waals surface area contributed by atoms with E-state index in [-0.39, 0.29) is 17.5 Å². The largest absolute Gasteiger partial charge is 0.337 e. The van der Waals surface area contributed by atoms with Crippen molar-refractivity contribution < 1.29 is 9.32 Å². The van der Waals surface area contributed by atoms with Crippen molar-refractivity contribution in [2.75, 3.05) is 31.5 Å². The van der Waals surface area contributed by atoms with Crippen LogP contribution < -0.4 is 10.6 Å². The molecular weight excluding hydrogens is 258 g/mol. The summed E-state index contributed by atoms with van der Waals surface area (Å²) in [7, 11) is 0. The van der Waals surface area contributed by atoms with Gasteiger partial charge >= 0.3 is 12.0 Å². The third-order valence-electron chi connectivity index (χ3n) is 4.56. The minimum absolute atomic E-state index is 0.138. The molecule has 3 aliphatic heterocycles. The molecule has 1 aromatic heterocycles. The standard InChI is InChI=1S/C13H21N5O2/c1-9-15-12(20-17-9)16-11(19)14-7-13(2)8-18-5-3-10(13)4-6-18/h10H,3-8H2,1-2H3,(H2,14,15,16,17,19)/t13-/m1/s1. The zero-order valence-electron chi connectivity index (χ0n) is 12.0. The predicted molar refractivity (Wildman–Crippen MR) is 73.3 cm³/mol. The molecule has 0 unspecified atom stereocenters. The average Bonchev–Trinajstić information content (AvgIpc) is 2.83. The molecule has 0 aliphatic carbocycles. The van der Waals surface area contributed by atoms with Gasteiger partial charge in [0.1, 0.15) is 0 Å². The molecule has 7 nitrogen and oxygen atoms in total. The van der Waals surface area contributed by atoms with Crippen molar-refractivity contribution in [2.24, 2.45) is 11.3 Å². The van der Waals surface area contributed by atoms with Gasteiger partial charge in [0.2, 0.25) is 0 Å². The second-order valence-electron chi connectivity index (χ2n) is 6.16. The van der Waals surface area contributed by atoms with Crippen molar-refractivity contribution in [2.45, 2.75) is 26.7 Å². The third-order valence-corrected chi connectivity index (χ3v) is 4.56. The van der Waals surface area contributed by atoms with Crippen LogP contribution in [0.1, 0.15) is 25.6 Å². The Morgan fingerprint density at radius 1 is 1.50 bits per heavy atom. The van der Waals surface area contributed by atoms with E-state index in [1.54, 1.807) is 6.92 Å². The number of fused-ring (bicyclic) bond motifs is 3. The lowest BCUT2D eigenvalue weighted by molar-refractivity contribution is -0.0140. The van der Waals surface area contributed by atoms with Crippen LogP contribution >= 0.6 is 0 Å². The Hall–Kier alpha value is -1.63. The van der Waals surface area contributed by atoms with Crippen LogP contribution in [0.4, 0.5) is 10.8 Å². The van der Waals surface area contributed by atoms with Crippen molar-refractivity contribution in [3.63, 3.8) is 0 Å². The van der Waals surface area contributed by atoms with E-state index >= 15 is 0 Å². The van der Waals surface area contributed by atoms with E-state index in [4.69, 9.17) is 4.52 Å². The summed E-state index contributed by atoms with van der Waals surface area (Å²) in [5.74, 6) is 1.21. The predicted octanol–water partition coefficient (Wildman–Crippen LogP) is 1.23. The highest BCUT2D eigenvalue weighted by Gasteiger charge is 2.43. The van der Waals surface area contributed by atoms with Gasteiger partial charge in [0.05, 0.1) is 0 Å². The second kappa shape index (κ2) is 5.05. The fourth-order valence-corrected chi connectivity index (χ4v) is 3.40. The second-order valence-corrected chi connectivity index (χ2v) is 6.16. The minimum atomic E-state index is -0.286. The molecule has 0 aromatic carbocycles. The monoisotopic (exact) mass is 279 g/mol. The molecule has 1 atom stereocenters. The topological polar surface area (TPSA) is 83.3 Å². The number of nitrogens with one attached hydrogen (secondary N) is 2. The van der Waals surface area contributed by atoms with Gasteiger partial charge in [0.25, 0.3) is 0 Å². The summed E-state index contributed by atoms with van der Waals surface area (Å²) in [6.07, 6.45) is 2.48. The lowest BCUT2D eigenvalue weighted by Crippen LogP contribution is -2.57. The number of carbonyl (C=O) groups excluding carboxylic acids is 1. The molecule has 0 saturated carbocycles. The molecule has 7 heteroatoms. The van der Waals surface area contributed by atoms with Crippen molar-refractivity contribution in [3.8, 4) is 0 Å². The highest BCUT2D eigenvalue weighted by molar-refractivity contribution is 5.86. The van der Waals surface area contributed by atoms with E-state index in [2.05, 4.69) is 32.6 Å². The summed E-state index contributed by atoms with van der Waals surface area (Å²) >= 11 is 0. The fourth-order valence-electron chi connectivity index (χ4n) is 3.40. The van der Waals surface area contributed by atoms with Crippen molar-refractivity contribution in [3.05, 3.63) is 5.82 Å². The van der Waals surface area contributed by atoms with Crippen LogP contribution in [0.5, 0.6) is 0 Å². The van der Waals surface area contributed by atoms with Crippen LogP contribution in [0, 0.1) is 18.3 Å². The van der Waals surface area contributed by atoms with Gasteiger partial charge in [0, 0.05) is 18.5 Å². The number of aryl methyl sites for hydroxylation is 1. The summed E-state index contributed by atoms with van der Waals surface area (Å²) in [5, 5.41) is 9.12. The summed E-state index contributed by atoms with van der Waals surface area (Å²) in [5.41, 5.74) is 0.165. The Kier molecular flexibility index (Phi) is 3.37. The van der Waals surface area contributed by atoms with Gasteiger partial charge < -0.3 is 14.7 Å². The number of aromatic nitrogens is 2.